The van der Waals surface area contributed by atoms with Gasteiger partial charge in [0.2, 0.25) is 0 Å². The minimum absolute atomic E-state index is 0.350. The first kappa shape index (κ1) is 9.53. The van der Waals surface area contributed by atoms with Gasteiger partial charge in [0.05, 0.1) is 0 Å². The molecule has 0 saturated carbocycles. The minimum atomic E-state index is 0.350. The third-order valence-electron chi connectivity index (χ3n) is 2.99. The number of anilines is 1. The van der Waals surface area contributed by atoms with Crippen LogP contribution in [0.4, 0.5) is 5.69 Å². The lowest BCUT2D eigenvalue weighted by molar-refractivity contribution is 0.203. The van der Waals surface area contributed by atoms with Crippen molar-refractivity contribution >= 4 is 5.69 Å². The van der Waals surface area contributed by atoms with Gasteiger partial charge in [-0.05, 0) is 30.9 Å². The fourth-order valence-electron chi connectivity index (χ4n) is 2.01. The van der Waals surface area contributed by atoms with E-state index in [0.717, 1.165) is 25.9 Å². The second-order valence-corrected chi connectivity index (χ2v) is 3.95. The standard InChI is InChI=1S/C12H17NO/c14-10-11-6-8-13(9-7-11)12-4-2-1-3-5-12/h1-5,11,14H,6-10H2. The van der Waals surface area contributed by atoms with E-state index in [1.807, 2.05) is 6.07 Å². The average molecular weight is 191 g/mol. The van der Waals surface area contributed by atoms with Crippen molar-refractivity contribution in [3.63, 3.8) is 0 Å². The Hall–Kier alpha value is -1.02. The van der Waals surface area contributed by atoms with Gasteiger partial charge in [0.15, 0.2) is 0 Å². The molecule has 0 aliphatic carbocycles. The zero-order valence-corrected chi connectivity index (χ0v) is 8.39. The number of hydrogen-bond acceptors (Lipinski definition) is 2. The summed E-state index contributed by atoms with van der Waals surface area (Å²) in [6, 6.07) is 10.5. The van der Waals surface area contributed by atoms with Crippen LogP contribution >= 0.6 is 0 Å². The van der Waals surface area contributed by atoms with Crippen molar-refractivity contribution in [2.75, 3.05) is 24.6 Å². The summed E-state index contributed by atoms with van der Waals surface area (Å²) in [5, 5.41) is 9.03. The molecule has 0 aromatic heterocycles. The molecule has 1 saturated heterocycles. The smallest absolute Gasteiger partial charge is 0.0460 e. The van der Waals surface area contributed by atoms with Crippen LogP contribution < -0.4 is 4.90 Å². The quantitative estimate of drug-likeness (QED) is 0.771. The van der Waals surface area contributed by atoms with E-state index >= 15 is 0 Å². The van der Waals surface area contributed by atoms with Crippen molar-refractivity contribution in [3.05, 3.63) is 30.3 Å². The largest absolute Gasteiger partial charge is 0.396 e. The number of benzene rings is 1. The molecule has 1 aromatic rings. The van der Waals surface area contributed by atoms with Gasteiger partial charge in [-0.2, -0.15) is 0 Å². The van der Waals surface area contributed by atoms with Crippen LogP contribution in [0.25, 0.3) is 0 Å². The molecular formula is C12H17NO. The molecule has 2 nitrogen and oxygen atoms in total. The van der Waals surface area contributed by atoms with E-state index in [1.165, 1.54) is 5.69 Å². The summed E-state index contributed by atoms with van der Waals surface area (Å²) in [7, 11) is 0. The molecule has 0 unspecified atom stereocenters. The van der Waals surface area contributed by atoms with Gasteiger partial charge in [-0.1, -0.05) is 18.2 Å². The maximum Gasteiger partial charge on any atom is 0.0460 e. The minimum Gasteiger partial charge on any atom is -0.396 e. The van der Waals surface area contributed by atoms with E-state index in [0.29, 0.717) is 12.5 Å². The van der Waals surface area contributed by atoms with Crippen molar-refractivity contribution < 1.29 is 5.11 Å². The predicted molar refractivity (Wildman–Crippen MR) is 58.5 cm³/mol. The lowest BCUT2D eigenvalue weighted by atomic mass is 9.97. The summed E-state index contributed by atoms with van der Waals surface area (Å²) in [6.07, 6.45) is 2.23. The molecule has 1 aliphatic rings. The van der Waals surface area contributed by atoms with Crippen molar-refractivity contribution in [2.45, 2.75) is 12.8 Å². The van der Waals surface area contributed by atoms with Crippen LogP contribution in [-0.2, 0) is 0 Å². The molecule has 1 N–H and O–H groups in total. The third-order valence-corrected chi connectivity index (χ3v) is 2.99. The highest BCUT2D eigenvalue weighted by Gasteiger charge is 2.17. The summed E-state index contributed by atoms with van der Waals surface area (Å²) >= 11 is 0. The fraction of sp³-hybridized carbons (Fsp3) is 0.500. The molecule has 0 spiro atoms. The predicted octanol–water partition coefficient (Wildman–Crippen LogP) is 1.90. The fourth-order valence-corrected chi connectivity index (χ4v) is 2.01. The number of para-hydroxylation sites is 1. The second-order valence-electron chi connectivity index (χ2n) is 3.95. The summed E-state index contributed by atoms with van der Waals surface area (Å²) in [5.41, 5.74) is 1.31. The van der Waals surface area contributed by atoms with Crippen LogP contribution in [-0.4, -0.2) is 24.8 Å². The Labute approximate surface area is 85.2 Å². The van der Waals surface area contributed by atoms with Crippen LogP contribution in [0.2, 0.25) is 0 Å². The maximum absolute atomic E-state index is 9.03. The van der Waals surface area contributed by atoms with E-state index in [4.69, 9.17) is 5.11 Å². The zero-order valence-electron chi connectivity index (χ0n) is 8.39. The van der Waals surface area contributed by atoms with Crippen LogP contribution in [0.5, 0.6) is 0 Å². The van der Waals surface area contributed by atoms with Crippen molar-refractivity contribution in [3.8, 4) is 0 Å². The Kier molecular flexibility index (Phi) is 3.04. The Morgan fingerprint density at radius 1 is 1.14 bits per heavy atom. The first-order valence-electron chi connectivity index (χ1n) is 5.31. The summed E-state index contributed by atoms with van der Waals surface area (Å²) in [5.74, 6) is 0.523. The summed E-state index contributed by atoms with van der Waals surface area (Å²) < 4.78 is 0. The first-order valence-corrected chi connectivity index (χ1v) is 5.31. The molecule has 2 heteroatoms. The number of rotatable bonds is 2. The lowest BCUT2D eigenvalue weighted by Crippen LogP contribution is -2.34. The molecule has 0 amide bonds. The van der Waals surface area contributed by atoms with Crippen molar-refractivity contribution in [1.82, 2.24) is 0 Å². The highest BCUT2D eigenvalue weighted by Crippen LogP contribution is 2.22. The molecule has 1 heterocycles. The molecule has 1 aromatic carbocycles. The molecule has 0 atom stereocenters. The van der Waals surface area contributed by atoms with Gasteiger partial charge in [-0.25, -0.2) is 0 Å². The summed E-state index contributed by atoms with van der Waals surface area (Å²) in [6.45, 7) is 2.51. The van der Waals surface area contributed by atoms with Crippen molar-refractivity contribution in [1.29, 1.82) is 0 Å². The summed E-state index contributed by atoms with van der Waals surface area (Å²) in [4.78, 5) is 2.40. The van der Waals surface area contributed by atoms with E-state index < -0.39 is 0 Å². The molecule has 0 radical (unpaired) electrons. The van der Waals surface area contributed by atoms with Gasteiger partial charge in [0.1, 0.15) is 0 Å². The normalized spacial score (nSPS) is 18.5. The van der Waals surface area contributed by atoms with Gasteiger partial charge in [-0.3, -0.25) is 0 Å². The molecule has 14 heavy (non-hydrogen) atoms. The van der Waals surface area contributed by atoms with E-state index in [9.17, 15) is 0 Å². The van der Waals surface area contributed by atoms with Gasteiger partial charge in [0.25, 0.3) is 0 Å². The average Bonchev–Trinajstić information content (AvgIpc) is 2.30. The van der Waals surface area contributed by atoms with Crippen LogP contribution in [0.15, 0.2) is 30.3 Å². The zero-order chi connectivity index (χ0) is 9.80. The molecule has 1 aliphatic heterocycles. The SMILES string of the molecule is OCC1CCN(c2ccccc2)CC1. The van der Waals surface area contributed by atoms with E-state index in [2.05, 4.69) is 29.2 Å². The molecule has 2 rings (SSSR count). The van der Waals surface area contributed by atoms with Crippen LogP contribution in [0.3, 0.4) is 0 Å². The molecular weight excluding hydrogens is 174 g/mol. The third kappa shape index (κ3) is 2.07. The Morgan fingerprint density at radius 2 is 1.79 bits per heavy atom. The number of piperidine rings is 1. The number of aliphatic hydroxyl groups is 1. The number of aliphatic hydroxyl groups excluding tert-OH is 1. The molecule has 76 valence electrons. The monoisotopic (exact) mass is 191 g/mol. The number of nitrogens with zero attached hydrogens (tertiary/aromatic N) is 1. The second kappa shape index (κ2) is 4.47. The van der Waals surface area contributed by atoms with Gasteiger partial charge in [0, 0.05) is 25.4 Å². The highest BCUT2D eigenvalue weighted by molar-refractivity contribution is 5.46. The lowest BCUT2D eigenvalue weighted by Gasteiger charge is -2.32. The van der Waals surface area contributed by atoms with Crippen LogP contribution in [0, 0.1) is 5.92 Å². The van der Waals surface area contributed by atoms with E-state index in [1.54, 1.807) is 0 Å². The highest BCUT2D eigenvalue weighted by atomic mass is 16.3. The van der Waals surface area contributed by atoms with Gasteiger partial charge >= 0.3 is 0 Å². The van der Waals surface area contributed by atoms with Gasteiger partial charge < -0.3 is 10.0 Å². The van der Waals surface area contributed by atoms with Gasteiger partial charge in [-0.15, -0.1) is 0 Å². The topological polar surface area (TPSA) is 23.5 Å². The Balaban J connectivity index is 1.96. The van der Waals surface area contributed by atoms with Crippen molar-refractivity contribution in [2.24, 2.45) is 5.92 Å². The maximum atomic E-state index is 9.03. The molecule has 0 bridgehead atoms. The van der Waals surface area contributed by atoms with Crippen LogP contribution in [0.1, 0.15) is 12.8 Å². The molecule has 1 fully saturated rings. The Bertz CT molecular complexity index is 265. The number of hydrogen-bond donors (Lipinski definition) is 1. The first-order chi connectivity index (χ1) is 6.90. The van der Waals surface area contributed by atoms with E-state index in [-0.39, 0.29) is 0 Å². The Morgan fingerprint density at radius 3 is 2.36 bits per heavy atom.